The number of ether oxygens (including phenoxy) is 2. The Morgan fingerprint density at radius 3 is 2.71 bits per heavy atom. The lowest BCUT2D eigenvalue weighted by molar-refractivity contribution is 0.208. The maximum absolute atomic E-state index is 5.81. The highest BCUT2D eigenvalue weighted by Gasteiger charge is 2.14. The second kappa shape index (κ2) is 5.80. The van der Waals surface area contributed by atoms with E-state index in [9.17, 15) is 0 Å². The van der Waals surface area contributed by atoms with Gasteiger partial charge in [-0.25, -0.2) is 0 Å². The molecule has 0 heterocycles. The van der Waals surface area contributed by atoms with E-state index < -0.39 is 0 Å². The average Bonchev–Trinajstić information content (AvgIpc) is 2.39. The highest BCUT2D eigenvalue weighted by atomic mass is 16.5. The molecule has 3 nitrogen and oxygen atoms in total. The molecule has 1 aliphatic carbocycles. The summed E-state index contributed by atoms with van der Waals surface area (Å²) < 4.78 is 11.0. The molecule has 2 N–H and O–H groups in total. The molecule has 17 heavy (non-hydrogen) atoms. The first-order valence-electron chi connectivity index (χ1n) is 6.36. The number of anilines is 1. The van der Waals surface area contributed by atoms with Crippen molar-refractivity contribution in [1.29, 1.82) is 0 Å². The van der Waals surface area contributed by atoms with Crippen molar-refractivity contribution < 1.29 is 9.47 Å². The Bertz CT molecular complexity index is 359. The van der Waals surface area contributed by atoms with Crippen LogP contribution in [0.4, 0.5) is 5.69 Å². The maximum atomic E-state index is 5.81. The molecule has 0 spiro atoms. The van der Waals surface area contributed by atoms with Crippen molar-refractivity contribution in [3.8, 4) is 11.5 Å². The maximum Gasteiger partial charge on any atom is 0.145 e. The van der Waals surface area contributed by atoms with Gasteiger partial charge in [-0.3, -0.25) is 0 Å². The molecule has 0 radical (unpaired) electrons. The van der Waals surface area contributed by atoms with Gasteiger partial charge < -0.3 is 15.2 Å². The van der Waals surface area contributed by atoms with E-state index in [1.54, 1.807) is 7.11 Å². The molecule has 1 aromatic carbocycles. The van der Waals surface area contributed by atoms with Crippen LogP contribution < -0.4 is 15.2 Å². The third-order valence-corrected chi connectivity index (χ3v) is 3.42. The largest absolute Gasteiger partial charge is 0.494 e. The average molecular weight is 235 g/mol. The molecule has 2 rings (SSSR count). The second-order valence-electron chi connectivity index (χ2n) is 4.72. The summed E-state index contributed by atoms with van der Waals surface area (Å²) in [5.74, 6) is 2.25. The summed E-state index contributed by atoms with van der Waals surface area (Å²) in [6.07, 6.45) is 6.67. The van der Waals surface area contributed by atoms with Crippen LogP contribution in [0.15, 0.2) is 18.2 Å². The molecule has 0 aromatic heterocycles. The van der Waals surface area contributed by atoms with E-state index in [0.717, 1.165) is 12.4 Å². The van der Waals surface area contributed by atoms with Crippen LogP contribution in [0.25, 0.3) is 0 Å². The Balaban J connectivity index is 1.89. The van der Waals surface area contributed by atoms with E-state index in [4.69, 9.17) is 15.2 Å². The number of rotatable bonds is 4. The molecule has 0 aliphatic heterocycles. The van der Waals surface area contributed by atoms with Crippen LogP contribution >= 0.6 is 0 Å². The van der Waals surface area contributed by atoms with Crippen LogP contribution in [-0.2, 0) is 0 Å². The number of hydrogen-bond donors (Lipinski definition) is 1. The van der Waals surface area contributed by atoms with Crippen molar-refractivity contribution >= 4 is 5.69 Å². The predicted octanol–water partition coefficient (Wildman–Crippen LogP) is 3.24. The molecule has 0 bridgehead atoms. The van der Waals surface area contributed by atoms with E-state index in [2.05, 4.69) is 0 Å². The molecule has 0 amide bonds. The first-order valence-corrected chi connectivity index (χ1v) is 6.36. The topological polar surface area (TPSA) is 44.5 Å². The minimum atomic E-state index is 0.650. The molecule has 0 unspecified atom stereocenters. The van der Waals surface area contributed by atoms with Gasteiger partial charge in [0.05, 0.1) is 19.4 Å². The fourth-order valence-electron chi connectivity index (χ4n) is 2.35. The lowest BCUT2D eigenvalue weighted by Crippen LogP contribution is -2.15. The zero-order chi connectivity index (χ0) is 12.1. The summed E-state index contributed by atoms with van der Waals surface area (Å²) in [6, 6.07) is 5.59. The number of nitrogens with two attached hydrogens (primary N) is 1. The van der Waals surface area contributed by atoms with Crippen LogP contribution in [-0.4, -0.2) is 13.7 Å². The van der Waals surface area contributed by atoms with Gasteiger partial charge in [0, 0.05) is 6.07 Å². The third-order valence-electron chi connectivity index (χ3n) is 3.42. The minimum Gasteiger partial charge on any atom is -0.494 e. The minimum absolute atomic E-state index is 0.650. The molecule has 0 atom stereocenters. The summed E-state index contributed by atoms with van der Waals surface area (Å²) in [5, 5.41) is 0. The molecule has 0 saturated heterocycles. The van der Waals surface area contributed by atoms with Gasteiger partial charge in [-0.1, -0.05) is 19.3 Å². The summed E-state index contributed by atoms with van der Waals surface area (Å²) >= 11 is 0. The molecule has 3 heteroatoms. The van der Waals surface area contributed by atoms with Gasteiger partial charge in [-0.05, 0) is 30.9 Å². The third kappa shape index (κ3) is 3.29. The van der Waals surface area contributed by atoms with Crippen molar-refractivity contribution in [1.82, 2.24) is 0 Å². The van der Waals surface area contributed by atoms with Crippen LogP contribution in [0.2, 0.25) is 0 Å². The van der Waals surface area contributed by atoms with E-state index in [0.29, 0.717) is 17.4 Å². The van der Waals surface area contributed by atoms with Crippen LogP contribution in [0, 0.1) is 5.92 Å². The first-order chi connectivity index (χ1) is 8.29. The normalized spacial score (nSPS) is 16.8. The first kappa shape index (κ1) is 12.1. The number of methoxy groups -OCH3 is 1. The Morgan fingerprint density at radius 2 is 2.00 bits per heavy atom. The van der Waals surface area contributed by atoms with Gasteiger partial charge in [0.2, 0.25) is 0 Å². The van der Waals surface area contributed by atoms with Crippen LogP contribution in [0.1, 0.15) is 32.1 Å². The zero-order valence-corrected chi connectivity index (χ0v) is 10.4. The molecular formula is C14H21NO2. The standard InChI is InChI=1S/C14H21NO2/c1-16-14-9-12(7-8-13(14)15)17-10-11-5-3-2-4-6-11/h7-9,11H,2-6,10,15H2,1H3. The smallest absolute Gasteiger partial charge is 0.145 e. The predicted molar refractivity (Wildman–Crippen MR) is 69.5 cm³/mol. The Morgan fingerprint density at radius 1 is 1.24 bits per heavy atom. The molecular weight excluding hydrogens is 214 g/mol. The molecule has 1 saturated carbocycles. The van der Waals surface area contributed by atoms with Gasteiger partial charge in [-0.15, -0.1) is 0 Å². The quantitative estimate of drug-likeness (QED) is 0.815. The van der Waals surface area contributed by atoms with E-state index >= 15 is 0 Å². The van der Waals surface area contributed by atoms with Gasteiger partial charge in [0.25, 0.3) is 0 Å². The molecule has 1 aliphatic rings. The summed E-state index contributed by atoms with van der Waals surface area (Å²) in [7, 11) is 1.62. The number of hydrogen-bond acceptors (Lipinski definition) is 3. The van der Waals surface area contributed by atoms with Gasteiger partial charge in [0.1, 0.15) is 11.5 Å². The van der Waals surface area contributed by atoms with Crippen molar-refractivity contribution in [2.24, 2.45) is 5.92 Å². The number of nitrogen functional groups attached to an aromatic ring is 1. The summed E-state index contributed by atoms with van der Waals surface area (Å²) in [4.78, 5) is 0. The zero-order valence-electron chi connectivity index (χ0n) is 10.4. The fourth-order valence-corrected chi connectivity index (χ4v) is 2.35. The van der Waals surface area contributed by atoms with Crippen molar-refractivity contribution in [3.05, 3.63) is 18.2 Å². The van der Waals surface area contributed by atoms with Gasteiger partial charge in [0.15, 0.2) is 0 Å². The molecule has 1 aromatic rings. The van der Waals surface area contributed by atoms with E-state index in [1.165, 1.54) is 32.1 Å². The Kier molecular flexibility index (Phi) is 4.13. The lowest BCUT2D eigenvalue weighted by Gasteiger charge is -2.21. The van der Waals surface area contributed by atoms with Crippen molar-refractivity contribution in [2.45, 2.75) is 32.1 Å². The van der Waals surface area contributed by atoms with Crippen molar-refractivity contribution in [3.63, 3.8) is 0 Å². The molecule has 1 fully saturated rings. The Labute approximate surface area is 103 Å². The van der Waals surface area contributed by atoms with E-state index in [1.807, 2.05) is 18.2 Å². The molecule has 94 valence electrons. The Hall–Kier alpha value is -1.38. The number of benzene rings is 1. The fraction of sp³-hybridized carbons (Fsp3) is 0.571. The van der Waals surface area contributed by atoms with Gasteiger partial charge in [-0.2, -0.15) is 0 Å². The van der Waals surface area contributed by atoms with E-state index in [-0.39, 0.29) is 0 Å². The lowest BCUT2D eigenvalue weighted by atomic mass is 9.90. The van der Waals surface area contributed by atoms with Crippen molar-refractivity contribution in [2.75, 3.05) is 19.5 Å². The summed E-state index contributed by atoms with van der Waals surface area (Å²) in [6.45, 7) is 0.813. The monoisotopic (exact) mass is 235 g/mol. The second-order valence-corrected chi connectivity index (χ2v) is 4.72. The highest BCUT2D eigenvalue weighted by molar-refractivity contribution is 5.55. The van der Waals surface area contributed by atoms with Gasteiger partial charge >= 0.3 is 0 Å². The van der Waals surface area contributed by atoms with Crippen LogP contribution in [0.3, 0.4) is 0 Å². The SMILES string of the molecule is COc1cc(OCC2CCCCC2)ccc1N. The van der Waals surface area contributed by atoms with Crippen LogP contribution in [0.5, 0.6) is 11.5 Å². The highest BCUT2D eigenvalue weighted by Crippen LogP contribution is 2.28. The summed E-state index contributed by atoms with van der Waals surface area (Å²) in [5.41, 5.74) is 6.41.